The van der Waals surface area contributed by atoms with E-state index in [0.717, 1.165) is 25.3 Å². The second kappa shape index (κ2) is 8.51. The molecule has 0 aliphatic heterocycles. The van der Waals surface area contributed by atoms with E-state index in [1.165, 1.54) is 31.4 Å². The van der Waals surface area contributed by atoms with E-state index < -0.39 is 11.8 Å². The first-order chi connectivity index (χ1) is 9.15. The van der Waals surface area contributed by atoms with Crippen LogP contribution in [0, 0.1) is 5.82 Å². The van der Waals surface area contributed by atoms with Crippen LogP contribution in [0.2, 0.25) is 0 Å². The molecule has 19 heavy (non-hydrogen) atoms. The van der Waals surface area contributed by atoms with Crippen molar-refractivity contribution in [1.29, 1.82) is 0 Å². The highest BCUT2D eigenvalue weighted by atomic mass is 19.1. The van der Waals surface area contributed by atoms with E-state index in [-0.39, 0.29) is 11.3 Å². The highest BCUT2D eigenvalue weighted by Gasteiger charge is 2.11. The van der Waals surface area contributed by atoms with Gasteiger partial charge >= 0.3 is 5.97 Å². The van der Waals surface area contributed by atoms with Gasteiger partial charge in [0, 0.05) is 5.69 Å². The van der Waals surface area contributed by atoms with Crippen LogP contribution in [0.1, 0.15) is 55.8 Å². The summed E-state index contributed by atoms with van der Waals surface area (Å²) >= 11 is 0. The van der Waals surface area contributed by atoms with Gasteiger partial charge in [-0.1, -0.05) is 39.0 Å². The molecule has 0 bridgehead atoms. The van der Waals surface area contributed by atoms with Crippen LogP contribution in [0.4, 0.5) is 10.1 Å². The SMILES string of the molecule is CCCCCCCCOC(=O)c1cc(F)ccc1N. The number of nitrogens with two attached hydrogens (primary N) is 1. The summed E-state index contributed by atoms with van der Waals surface area (Å²) in [6.07, 6.45) is 6.73. The fourth-order valence-corrected chi connectivity index (χ4v) is 1.83. The molecule has 106 valence electrons. The van der Waals surface area contributed by atoms with Crippen molar-refractivity contribution in [1.82, 2.24) is 0 Å². The van der Waals surface area contributed by atoms with Crippen molar-refractivity contribution in [2.45, 2.75) is 45.4 Å². The number of anilines is 1. The van der Waals surface area contributed by atoms with Crippen LogP contribution in [-0.4, -0.2) is 12.6 Å². The van der Waals surface area contributed by atoms with Crippen LogP contribution >= 0.6 is 0 Å². The molecule has 0 aliphatic carbocycles. The molecule has 0 amide bonds. The first-order valence-electron chi connectivity index (χ1n) is 6.87. The number of hydrogen-bond acceptors (Lipinski definition) is 3. The Labute approximate surface area is 113 Å². The van der Waals surface area contributed by atoms with Gasteiger partial charge in [0.25, 0.3) is 0 Å². The Bertz CT molecular complexity index is 407. The zero-order valence-electron chi connectivity index (χ0n) is 11.5. The van der Waals surface area contributed by atoms with Gasteiger partial charge in [0.2, 0.25) is 0 Å². The topological polar surface area (TPSA) is 52.3 Å². The first-order valence-corrected chi connectivity index (χ1v) is 6.87. The van der Waals surface area contributed by atoms with E-state index in [2.05, 4.69) is 6.92 Å². The molecule has 0 saturated heterocycles. The van der Waals surface area contributed by atoms with E-state index in [4.69, 9.17) is 10.5 Å². The molecule has 2 N–H and O–H groups in total. The molecule has 0 unspecified atom stereocenters. The third-order valence-corrected chi connectivity index (χ3v) is 2.97. The Morgan fingerprint density at radius 3 is 2.63 bits per heavy atom. The van der Waals surface area contributed by atoms with Gasteiger partial charge in [-0.15, -0.1) is 0 Å². The fourth-order valence-electron chi connectivity index (χ4n) is 1.83. The summed E-state index contributed by atoms with van der Waals surface area (Å²) in [6, 6.07) is 3.70. The number of hydrogen-bond donors (Lipinski definition) is 1. The number of carbonyl (C=O) groups is 1. The van der Waals surface area contributed by atoms with Crippen LogP contribution in [0.5, 0.6) is 0 Å². The van der Waals surface area contributed by atoms with Crippen LogP contribution in [-0.2, 0) is 4.74 Å². The van der Waals surface area contributed by atoms with Gasteiger partial charge in [0.1, 0.15) is 5.82 Å². The van der Waals surface area contributed by atoms with Crippen molar-refractivity contribution in [3.63, 3.8) is 0 Å². The lowest BCUT2D eigenvalue weighted by molar-refractivity contribution is 0.0498. The van der Waals surface area contributed by atoms with Crippen molar-refractivity contribution >= 4 is 11.7 Å². The summed E-state index contributed by atoms with van der Waals surface area (Å²) in [5.74, 6) is -1.04. The summed E-state index contributed by atoms with van der Waals surface area (Å²) < 4.78 is 18.1. The maximum atomic E-state index is 13.0. The standard InChI is InChI=1S/C15H22FNO2/c1-2-3-4-5-6-7-10-19-15(18)13-11-12(16)8-9-14(13)17/h8-9,11H,2-7,10,17H2,1H3. The molecule has 4 heteroatoms. The van der Waals surface area contributed by atoms with Crippen molar-refractivity contribution in [3.05, 3.63) is 29.6 Å². The monoisotopic (exact) mass is 267 g/mol. The molecular formula is C15H22FNO2. The molecule has 1 aromatic rings. The zero-order valence-corrected chi connectivity index (χ0v) is 11.5. The summed E-state index contributed by atoms with van der Waals surface area (Å²) in [5, 5.41) is 0. The van der Waals surface area contributed by atoms with Crippen LogP contribution in [0.25, 0.3) is 0 Å². The predicted molar refractivity (Wildman–Crippen MR) is 74.5 cm³/mol. The Balaban J connectivity index is 2.26. The average molecular weight is 267 g/mol. The maximum absolute atomic E-state index is 13.0. The lowest BCUT2D eigenvalue weighted by Crippen LogP contribution is -2.09. The van der Waals surface area contributed by atoms with Crippen LogP contribution in [0.15, 0.2) is 18.2 Å². The van der Waals surface area contributed by atoms with Crippen molar-refractivity contribution in [2.24, 2.45) is 0 Å². The number of ether oxygens (including phenoxy) is 1. The molecule has 1 aromatic carbocycles. The summed E-state index contributed by atoms with van der Waals surface area (Å²) in [6.45, 7) is 2.53. The van der Waals surface area contributed by atoms with Crippen LogP contribution < -0.4 is 5.73 Å². The summed E-state index contributed by atoms with van der Waals surface area (Å²) in [4.78, 5) is 11.7. The molecular weight excluding hydrogens is 245 g/mol. The lowest BCUT2D eigenvalue weighted by Gasteiger charge is -2.07. The normalized spacial score (nSPS) is 10.4. The third-order valence-electron chi connectivity index (χ3n) is 2.97. The smallest absolute Gasteiger partial charge is 0.340 e. The van der Waals surface area contributed by atoms with Crippen molar-refractivity contribution < 1.29 is 13.9 Å². The van der Waals surface area contributed by atoms with Gasteiger partial charge in [-0.25, -0.2) is 9.18 Å². The van der Waals surface area contributed by atoms with E-state index >= 15 is 0 Å². The van der Waals surface area contributed by atoms with E-state index in [1.54, 1.807) is 0 Å². The zero-order chi connectivity index (χ0) is 14.1. The predicted octanol–water partition coefficient (Wildman–Crippen LogP) is 3.93. The molecule has 0 spiro atoms. The number of carbonyl (C=O) groups excluding carboxylic acids is 1. The molecule has 0 aromatic heterocycles. The van der Waals surface area contributed by atoms with Gasteiger partial charge in [-0.05, 0) is 24.6 Å². The van der Waals surface area contributed by atoms with E-state index in [9.17, 15) is 9.18 Å². The van der Waals surface area contributed by atoms with Gasteiger partial charge in [0.15, 0.2) is 0 Å². The van der Waals surface area contributed by atoms with E-state index in [0.29, 0.717) is 6.61 Å². The summed E-state index contributed by atoms with van der Waals surface area (Å²) in [5.41, 5.74) is 5.96. The lowest BCUT2D eigenvalue weighted by atomic mass is 10.1. The Morgan fingerprint density at radius 2 is 1.89 bits per heavy atom. The largest absolute Gasteiger partial charge is 0.462 e. The van der Waals surface area contributed by atoms with Gasteiger partial charge < -0.3 is 10.5 Å². The second-order valence-electron chi connectivity index (χ2n) is 4.64. The van der Waals surface area contributed by atoms with Crippen molar-refractivity contribution in [2.75, 3.05) is 12.3 Å². The highest BCUT2D eigenvalue weighted by Crippen LogP contribution is 2.15. The number of halogens is 1. The number of esters is 1. The molecule has 0 heterocycles. The Hall–Kier alpha value is -1.58. The average Bonchev–Trinajstić information content (AvgIpc) is 2.40. The molecule has 0 radical (unpaired) electrons. The highest BCUT2D eigenvalue weighted by molar-refractivity contribution is 5.95. The van der Waals surface area contributed by atoms with Crippen LogP contribution in [0.3, 0.4) is 0 Å². The minimum absolute atomic E-state index is 0.103. The number of rotatable bonds is 8. The molecule has 0 aliphatic rings. The number of nitrogen functional groups attached to an aromatic ring is 1. The van der Waals surface area contributed by atoms with Crippen molar-refractivity contribution in [3.8, 4) is 0 Å². The molecule has 1 rings (SSSR count). The molecule has 3 nitrogen and oxygen atoms in total. The molecule has 0 atom stereocenters. The second-order valence-corrected chi connectivity index (χ2v) is 4.64. The minimum Gasteiger partial charge on any atom is -0.462 e. The molecule has 0 saturated carbocycles. The van der Waals surface area contributed by atoms with Gasteiger partial charge in [0.05, 0.1) is 12.2 Å². The minimum atomic E-state index is -0.550. The van der Waals surface area contributed by atoms with Gasteiger partial charge in [-0.2, -0.15) is 0 Å². The van der Waals surface area contributed by atoms with Gasteiger partial charge in [-0.3, -0.25) is 0 Å². The summed E-state index contributed by atoms with van der Waals surface area (Å²) in [7, 11) is 0. The maximum Gasteiger partial charge on any atom is 0.340 e. The Kier molecular flexibility index (Phi) is 6.93. The third kappa shape index (κ3) is 5.73. The van der Waals surface area contributed by atoms with E-state index in [1.807, 2.05) is 0 Å². The Morgan fingerprint density at radius 1 is 1.21 bits per heavy atom. The first kappa shape index (κ1) is 15.5. The number of unbranched alkanes of at least 4 members (excludes halogenated alkanes) is 5. The number of benzene rings is 1. The molecule has 0 fully saturated rings. The fraction of sp³-hybridized carbons (Fsp3) is 0.533. The quantitative estimate of drug-likeness (QED) is 0.441.